The molecule has 15 heavy (non-hydrogen) atoms. The number of hydrogen-bond acceptors (Lipinski definition) is 3. The van der Waals surface area contributed by atoms with Crippen molar-refractivity contribution >= 4 is 5.91 Å². The summed E-state index contributed by atoms with van der Waals surface area (Å²) in [6.07, 6.45) is 0.378. The molecular formula is C11H15N3O. The Morgan fingerprint density at radius 1 is 1.47 bits per heavy atom. The average Bonchev–Trinajstić information content (AvgIpc) is 2.16. The molecule has 2 rings (SSSR count). The van der Waals surface area contributed by atoms with Crippen LogP contribution in [0.5, 0.6) is 0 Å². The largest absolute Gasteiger partial charge is 0.335 e. The highest BCUT2D eigenvalue weighted by molar-refractivity contribution is 5.77. The van der Waals surface area contributed by atoms with Crippen LogP contribution in [0.4, 0.5) is 0 Å². The van der Waals surface area contributed by atoms with Crippen molar-refractivity contribution in [1.82, 2.24) is 15.6 Å². The Hall–Kier alpha value is -1.42. The Kier molecular flexibility index (Phi) is 2.68. The summed E-state index contributed by atoms with van der Waals surface area (Å²) >= 11 is 0. The highest BCUT2D eigenvalue weighted by Crippen LogP contribution is 2.13. The summed E-state index contributed by atoms with van der Waals surface area (Å²) in [6, 6.07) is 6.01. The molecule has 0 radical (unpaired) electrons. The molecule has 2 unspecified atom stereocenters. The number of nitrogens with one attached hydrogen (secondary N) is 2. The molecule has 2 atom stereocenters. The highest BCUT2D eigenvalue weighted by Gasteiger charge is 2.24. The Bertz CT molecular complexity index is 378. The van der Waals surface area contributed by atoms with Gasteiger partial charge in [-0.15, -0.1) is 0 Å². The van der Waals surface area contributed by atoms with E-state index in [1.54, 1.807) is 0 Å². The van der Waals surface area contributed by atoms with Crippen molar-refractivity contribution in [3.05, 3.63) is 29.6 Å². The maximum absolute atomic E-state index is 11.4. The fourth-order valence-corrected chi connectivity index (χ4v) is 1.77. The molecule has 1 aromatic rings. The van der Waals surface area contributed by atoms with Crippen LogP contribution in [-0.4, -0.2) is 16.9 Å². The van der Waals surface area contributed by atoms with Gasteiger partial charge in [0.05, 0.1) is 5.69 Å². The van der Waals surface area contributed by atoms with Gasteiger partial charge in [0, 0.05) is 18.2 Å². The van der Waals surface area contributed by atoms with Crippen LogP contribution in [0, 0.1) is 6.92 Å². The molecule has 2 N–H and O–H groups in total. The summed E-state index contributed by atoms with van der Waals surface area (Å²) in [5.74, 6) is 0.0783. The van der Waals surface area contributed by atoms with Gasteiger partial charge in [0.1, 0.15) is 6.17 Å². The third-order valence-electron chi connectivity index (χ3n) is 2.45. The molecule has 1 fully saturated rings. The van der Waals surface area contributed by atoms with Gasteiger partial charge in [-0.1, -0.05) is 6.07 Å². The van der Waals surface area contributed by atoms with Gasteiger partial charge in [0.2, 0.25) is 5.91 Å². The predicted molar refractivity (Wildman–Crippen MR) is 57.1 cm³/mol. The first-order chi connectivity index (χ1) is 7.15. The molecule has 1 aromatic heterocycles. The molecule has 1 aliphatic rings. The topological polar surface area (TPSA) is 54.0 Å². The molecule has 80 valence electrons. The highest BCUT2D eigenvalue weighted by atomic mass is 16.2. The number of hydrogen-bond donors (Lipinski definition) is 2. The minimum absolute atomic E-state index is 0.0783. The number of aryl methyl sites for hydroxylation is 1. The van der Waals surface area contributed by atoms with Gasteiger partial charge in [-0.05, 0) is 26.0 Å². The molecule has 1 amide bonds. The second-order valence-corrected chi connectivity index (χ2v) is 3.98. The van der Waals surface area contributed by atoms with Gasteiger partial charge in [0.25, 0.3) is 0 Å². The zero-order valence-corrected chi connectivity index (χ0v) is 8.95. The zero-order valence-electron chi connectivity index (χ0n) is 8.95. The second kappa shape index (κ2) is 3.98. The summed E-state index contributed by atoms with van der Waals surface area (Å²) in [4.78, 5) is 15.8. The molecule has 0 aromatic carbocycles. The lowest BCUT2D eigenvalue weighted by Crippen LogP contribution is -2.49. The second-order valence-electron chi connectivity index (χ2n) is 3.98. The van der Waals surface area contributed by atoms with E-state index in [1.807, 2.05) is 32.0 Å². The molecule has 0 bridgehead atoms. The maximum atomic E-state index is 11.4. The number of rotatable bonds is 1. The van der Waals surface area contributed by atoms with E-state index < -0.39 is 0 Å². The summed E-state index contributed by atoms with van der Waals surface area (Å²) in [5.41, 5.74) is 1.83. The fraction of sp³-hybridized carbons (Fsp3) is 0.455. The van der Waals surface area contributed by atoms with E-state index in [0.29, 0.717) is 6.42 Å². The van der Waals surface area contributed by atoms with E-state index in [-0.39, 0.29) is 18.1 Å². The Morgan fingerprint density at radius 3 is 2.93 bits per heavy atom. The Morgan fingerprint density at radius 2 is 2.27 bits per heavy atom. The summed E-state index contributed by atoms with van der Waals surface area (Å²) in [7, 11) is 0. The van der Waals surface area contributed by atoms with Crippen molar-refractivity contribution < 1.29 is 4.79 Å². The van der Waals surface area contributed by atoms with Gasteiger partial charge in [0.15, 0.2) is 0 Å². The van der Waals surface area contributed by atoms with Crippen LogP contribution in [0.25, 0.3) is 0 Å². The van der Waals surface area contributed by atoms with Crippen LogP contribution in [0.3, 0.4) is 0 Å². The zero-order chi connectivity index (χ0) is 10.8. The van der Waals surface area contributed by atoms with E-state index in [2.05, 4.69) is 15.6 Å². The molecule has 2 heterocycles. The molecule has 4 heteroatoms. The first kappa shape index (κ1) is 10.1. The van der Waals surface area contributed by atoms with Crippen molar-refractivity contribution in [2.45, 2.75) is 32.5 Å². The number of amides is 1. The first-order valence-electron chi connectivity index (χ1n) is 5.14. The van der Waals surface area contributed by atoms with Crippen LogP contribution >= 0.6 is 0 Å². The number of carbonyl (C=O) groups excluding carboxylic acids is 1. The predicted octanol–water partition coefficient (Wildman–Crippen LogP) is 0.887. The fourth-order valence-electron chi connectivity index (χ4n) is 1.77. The molecule has 1 saturated heterocycles. The first-order valence-corrected chi connectivity index (χ1v) is 5.14. The molecule has 0 spiro atoms. The number of pyridine rings is 1. The van der Waals surface area contributed by atoms with Crippen molar-refractivity contribution in [2.75, 3.05) is 0 Å². The van der Waals surface area contributed by atoms with E-state index in [1.165, 1.54) is 0 Å². The quantitative estimate of drug-likeness (QED) is 0.715. The van der Waals surface area contributed by atoms with Crippen LogP contribution < -0.4 is 10.6 Å². The number of carbonyl (C=O) groups is 1. The van der Waals surface area contributed by atoms with E-state index in [9.17, 15) is 4.79 Å². The Balaban J connectivity index is 2.19. The van der Waals surface area contributed by atoms with Crippen molar-refractivity contribution in [1.29, 1.82) is 0 Å². The van der Waals surface area contributed by atoms with Gasteiger partial charge < -0.3 is 5.32 Å². The molecule has 4 nitrogen and oxygen atoms in total. The minimum Gasteiger partial charge on any atom is -0.335 e. The lowest BCUT2D eigenvalue weighted by Gasteiger charge is -2.29. The number of aromatic nitrogens is 1. The van der Waals surface area contributed by atoms with E-state index in [4.69, 9.17) is 0 Å². The van der Waals surface area contributed by atoms with Gasteiger partial charge in [-0.3, -0.25) is 15.1 Å². The van der Waals surface area contributed by atoms with E-state index in [0.717, 1.165) is 11.4 Å². The molecule has 1 aliphatic heterocycles. The van der Waals surface area contributed by atoms with Crippen molar-refractivity contribution in [3.63, 3.8) is 0 Å². The molecule has 0 aliphatic carbocycles. The van der Waals surface area contributed by atoms with Crippen LogP contribution in [0.15, 0.2) is 18.2 Å². The number of nitrogens with zero attached hydrogens (tertiary/aromatic N) is 1. The summed E-state index contributed by atoms with van der Waals surface area (Å²) in [5, 5.41) is 6.17. The normalized spacial score (nSPS) is 26.1. The van der Waals surface area contributed by atoms with E-state index >= 15 is 0 Å². The lowest BCUT2D eigenvalue weighted by atomic mass is 10.1. The maximum Gasteiger partial charge on any atom is 0.223 e. The third-order valence-corrected chi connectivity index (χ3v) is 2.45. The minimum atomic E-state index is -0.152. The molecule has 0 saturated carbocycles. The monoisotopic (exact) mass is 205 g/mol. The van der Waals surface area contributed by atoms with Crippen molar-refractivity contribution in [2.24, 2.45) is 0 Å². The molecular weight excluding hydrogens is 190 g/mol. The van der Waals surface area contributed by atoms with Crippen molar-refractivity contribution in [3.8, 4) is 0 Å². The van der Waals surface area contributed by atoms with Gasteiger partial charge in [-0.2, -0.15) is 0 Å². The average molecular weight is 205 g/mol. The SMILES string of the molecule is Cc1cccc(C2NC(=O)CC(C)N2)n1. The standard InChI is InChI=1S/C11H15N3O/c1-7-4-3-5-9(12-7)11-13-8(2)6-10(15)14-11/h3-5,8,11,13H,6H2,1-2H3,(H,14,15). The van der Waals surface area contributed by atoms with Crippen LogP contribution in [-0.2, 0) is 4.79 Å². The third kappa shape index (κ3) is 2.33. The van der Waals surface area contributed by atoms with Gasteiger partial charge >= 0.3 is 0 Å². The van der Waals surface area contributed by atoms with Gasteiger partial charge in [-0.25, -0.2) is 0 Å². The van der Waals surface area contributed by atoms with Crippen LogP contribution in [0.2, 0.25) is 0 Å². The van der Waals surface area contributed by atoms with Crippen LogP contribution in [0.1, 0.15) is 30.9 Å². The Labute approximate surface area is 89.1 Å². The smallest absolute Gasteiger partial charge is 0.223 e. The summed E-state index contributed by atoms with van der Waals surface area (Å²) < 4.78 is 0. The lowest BCUT2D eigenvalue weighted by molar-refractivity contribution is -0.124. The summed E-state index contributed by atoms with van der Waals surface area (Å²) in [6.45, 7) is 3.94.